The van der Waals surface area contributed by atoms with Crippen molar-refractivity contribution in [3.63, 3.8) is 0 Å². The molecule has 2 aromatic heterocycles. The Morgan fingerprint density at radius 3 is 2.80 bits per heavy atom. The third kappa shape index (κ3) is 4.62. The summed E-state index contributed by atoms with van der Waals surface area (Å²) in [6, 6.07) is 7.95. The first-order valence-electron chi connectivity index (χ1n) is 10.3. The molecule has 0 aliphatic carbocycles. The molecule has 1 N–H and O–H groups in total. The van der Waals surface area contributed by atoms with Gasteiger partial charge in [0.15, 0.2) is 0 Å². The van der Waals surface area contributed by atoms with E-state index in [1.54, 1.807) is 29.7 Å². The summed E-state index contributed by atoms with van der Waals surface area (Å²) in [5.74, 6) is -0.0856. The van der Waals surface area contributed by atoms with Crippen LogP contribution in [0.1, 0.15) is 26.0 Å². The van der Waals surface area contributed by atoms with E-state index in [9.17, 15) is 9.18 Å². The van der Waals surface area contributed by atoms with Gasteiger partial charge in [-0.2, -0.15) is 0 Å². The van der Waals surface area contributed by atoms with E-state index < -0.39 is 6.17 Å². The largest absolute Gasteiger partial charge is 0.339 e. The number of hydrogen-bond acceptors (Lipinski definition) is 5. The first kappa shape index (κ1) is 20.3. The minimum atomic E-state index is -1.05. The number of halogens is 1. The first-order valence-corrected chi connectivity index (χ1v) is 10.3. The van der Waals surface area contributed by atoms with E-state index in [1.165, 1.54) is 0 Å². The quantitative estimate of drug-likeness (QED) is 0.703. The molecule has 156 valence electrons. The highest BCUT2D eigenvalue weighted by Crippen LogP contribution is 2.23. The van der Waals surface area contributed by atoms with E-state index in [1.807, 2.05) is 38.1 Å². The summed E-state index contributed by atoms with van der Waals surface area (Å²) in [6.07, 6.45) is 6.53. The number of amides is 1. The van der Waals surface area contributed by atoms with Gasteiger partial charge < -0.3 is 10.2 Å². The van der Waals surface area contributed by atoms with Crippen molar-refractivity contribution in [2.24, 2.45) is 0 Å². The van der Waals surface area contributed by atoms with Crippen molar-refractivity contribution in [1.29, 1.82) is 0 Å². The number of nitrogens with one attached hydrogen (secondary N) is 1. The molecule has 7 heteroatoms. The van der Waals surface area contributed by atoms with Gasteiger partial charge in [0.05, 0.1) is 30.6 Å². The van der Waals surface area contributed by atoms with Gasteiger partial charge in [-0.15, -0.1) is 0 Å². The van der Waals surface area contributed by atoms with Crippen molar-refractivity contribution in [1.82, 2.24) is 25.2 Å². The molecule has 6 nitrogen and oxygen atoms in total. The number of carbonyl (C=O) groups excluding carboxylic acids is 1. The molecule has 0 saturated carbocycles. The summed E-state index contributed by atoms with van der Waals surface area (Å²) in [4.78, 5) is 27.3. The maximum Gasteiger partial charge on any atom is 0.228 e. The van der Waals surface area contributed by atoms with Gasteiger partial charge in [0, 0.05) is 48.2 Å². The normalized spacial score (nSPS) is 19.4. The Morgan fingerprint density at radius 2 is 2.07 bits per heavy atom. The predicted molar refractivity (Wildman–Crippen MR) is 115 cm³/mol. The van der Waals surface area contributed by atoms with Crippen LogP contribution < -0.4 is 5.32 Å². The van der Waals surface area contributed by atoms with Crippen LogP contribution in [0.4, 0.5) is 4.39 Å². The number of likely N-dealkylation sites (tertiary alicyclic amines) is 1. The first-order chi connectivity index (χ1) is 14.5. The van der Waals surface area contributed by atoms with Crippen LogP contribution in [0.2, 0.25) is 0 Å². The molecule has 1 aliphatic heterocycles. The van der Waals surface area contributed by atoms with Crippen molar-refractivity contribution in [3.05, 3.63) is 54.7 Å². The van der Waals surface area contributed by atoms with E-state index in [0.717, 1.165) is 22.0 Å². The number of nitrogens with zero attached hydrogens (tertiary/aromatic N) is 4. The minimum absolute atomic E-state index is 0.0856. The van der Waals surface area contributed by atoms with Crippen LogP contribution in [0.3, 0.4) is 0 Å². The zero-order valence-corrected chi connectivity index (χ0v) is 17.3. The van der Waals surface area contributed by atoms with Crippen molar-refractivity contribution in [2.75, 3.05) is 13.1 Å². The highest BCUT2D eigenvalue weighted by Gasteiger charge is 2.31. The SMILES string of the molecule is CC(C)N[C@@H]1CCN(C(=O)Cc2cc3cc(-c4cnccn4)ccc3cn2)C[C@@H]1F. The molecule has 0 radical (unpaired) electrons. The zero-order valence-electron chi connectivity index (χ0n) is 17.3. The molecule has 1 amide bonds. The summed E-state index contributed by atoms with van der Waals surface area (Å²) in [6.45, 7) is 4.71. The van der Waals surface area contributed by atoms with Crippen molar-refractivity contribution in [3.8, 4) is 11.3 Å². The molecule has 1 saturated heterocycles. The molecule has 4 rings (SSSR count). The summed E-state index contributed by atoms with van der Waals surface area (Å²) in [7, 11) is 0. The lowest BCUT2D eigenvalue weighted by Crippen LogP contribution is -2.54. The van der Waals surface area contributed by atoms with Crippen LogP contribution in [0, 0.1) is 0 Å². The number of piperidine rings is 1. The molecular formula is C23H26FN5O. The Morgan fingerprint density at radius 1 is 1.20 bits per heavy atom. The third-order valence-corrected chi connectivity index (χ3v) is 5.41. The number of alkyl halides is 1. The fourth-order valence-corrected chi connectivity index (χ4v) is 3.90. The molecule has 1 aliphatic rings. The topological polar surface area (TPSA) is 71.0 Å². The van der Waals surface area contributed by atoms with Crippen LogP contribution in [-0.4, -0.2) is 57.1 Å². The molecule has 30 heavy (non-hydrogen) atoms. The van der Waals surface area contributed by atoms with Crippen LogP contribution in [-0.2, 0) is 11.2 Å². The minimum Gasteiger partial charge on any atom is -0.339 e. The van der Waals surface area contributed by atoms with Crippen LogP contribution in [0.25, 0.3) is 22.0 Å². The highest BCUT2D eigenvalue weighted by molar-refractivity contribution is 5.87. The molecule has 0 spiro atoms. The second-order valence-electron chi connectivity index (χ2n) is 8.08. The monoisotopic (exact) mass is 407 g/mol. The summed E-state index contributed by atoms with van der Waals surface area (Å²) in [5.41, 5.74) is 2.43. The molecule has 2 atom stereocenters. The summed E-state index contributed by atoms with van der Waals surface area (Å²) >= 11 is 0. The highest BCUT2D eigenvalue weighted by atomic mass is 19.1. The molecule has 1 aromatic carbocycles. The molecular weight excluding hydrogens is 381 g/mol. The van der Waals surface area contributed by atoms with Gasteiger partial charge >= 0.3 is 0 Å². The van der Waals surface area contributed by atoms with Gasteiger partial charge in [0.2, 0.25) is 5.91 Å². The maximum atomic E-state index is 14.5. The number of rotatable bonds is 5. The molecule has 1 fully saturated rings. The number of pyridine rings is 1. The third-order valence-electron chi connectivity index (χ3n) is 5.41. The predicted octanol–water partition coefficient (Wildman–Crippen LogP) is 3.17. The Hall–Kier alpha value is -2.93. The van der Waals surface area contributed by atoms with Gasteiger partial charge in [-0.25, -0.2) is 4.39 Å². The van der Waals surface area contributed by atoms with Crippen LogP contribution in [0.15, 0.2) is 49.1 Å². The smallest absolute Gasteiger partial charge is 0.228 e. The maximum absolute atomic E-state index is 14.5. The van der Waals surface area contributed by atoms with Crippen molar-refractivity contribution < 1.29 is 9.18 Å². The Labute approximate surface area is 175 Å². The fourth-order valence-electron chi connectivity index (χ4n) is 3.90. The molecule has 3 aromatic rings. The van der Waals surface area contributed by atoms with Gasteiger partial charge in [0.1, 0.15) is 6.17 Å². The number of aromatic nitrogens is 3. The van der Waals surface area contributed by atoms with E-state index in [2.05, 4.69) is 20.3 Å². The van der Waals surface area contributed by atoms with E-state index in [0.29, 0.717) is 18.7 Å². The lowest BCUT2D eigenvalue weighted by molar-refractivity contribution is -0.133. The number of fused-ring (bicyclic) bond motifs is 1. The standard InChI is InChI=1S/C23H26FN5O/c1-15(2)28-21-5-8-29(14-20(21)24)23(30)11-19-10-18-9-16(3-4-17(18)12-27-19)22-13-25-6-7-26-22/h3-4,6-7,9-10,12-13,15,20-21,28H,5,8,11,14H2,1-2H3/t20-,21+/m0/s1. The average molecular weight is 407 g/mol. The Bertz CT molecular complexity index is 1030. The summed E-state index contributed by atoms with van der Waals surface area (Å²) in [5, 5.41) is 5.22. The second kappa shape index (κ2) is 8.83. The number of carbonyl (C=O) groups is 1. The van der Waals surface area contributed by atoms with E-state index in [4.69, 9.17) is 0 Å². The fraction of sp³-hybridized carbons (Fsp3) is 0.391. The lowest BCUT2D eigenvalue weighted by Gasteiger charge is -2.36. The Balaban J connectivity index is 1.46. The van der Waals surface area contributed by atoms with E-state index >= 15 is 0 Å². The molecule has 0 unspecified atom stereocenters. The van der Waals surface area contributed by atoms with Crippen LogP contribution in [0.5, 0.6) is 0 Å². The Kier molecular flexibility index (Phi) is 5.99. The van der Waals surface area contributed by atoms with Crippen molar-refractivity contribution in [2.45, 2.75) is 44.9 Å². The van der Waals surface area contributed by atoms with Gasteiger partial charge in [0.25, 0.3) is 0 Å². The summed E-state index contributed by atoms with van der Waals surface area (Å²) < 4.78 is 14.5. The van der Waals surface area contributed by atoms with Gasteiger partial charge in [-0.1, -0.05) is 26.0 Å². The van der Waals surface area contributed by atoms with Crippen LogP contribution >= 0.6 is 0 Å². The molecule has 0 bridgehead atoms. The van der Waals surface area contributed by atoms with Gasteiger partial charge in [-0.3, -0.25) is 19.7 Å². The number of benzene rings is 1. The van der Waals surface area contributed by atoms with Gasteiger partial charge in [-0.05, 0) is 23.9 Å². The zero-order chi connectivity index (χ0) is 21.1. The average Bonchev–Trinajstić information content (AvgIpc) is 2.75. The van der Waals surface area contributed by atoms with E-state index in [-0.39, 0.29) is 31.0 Å². The molecule has 3 heterocycles. The lowest BCUT2D eigenvalue weighted by atomic mass is 10.0. The number of hydrogen-bond donors (Lipinski definition) is 1. The van der Waals surface area contributed by atoms with Crippen molar-refractivity contribution >= 4 is 16.7 Å². The second-order valence-corrected chi connectivity index (χ2v) is 8.08.